The summed E-state index contributed by atoms with van der Waals surface area (Å²) in [7, 11) is 1.73. The smallest absolute Gasteiger partial charge is 0.0960 e. The molecule has 0 N–H and O–H groups in total. The van der Waals surface area contributed by atoms with Gasteiger partial charge in [-0.05, 0) is 12.8 Å². The molecule has 0 radical (unpaired) electrons. The van der Waals surface area contributed by atoms with E-state index >= 15 is 0 Å². The van der Waals surface area contributed by atoms with Gasteiger partial charge in [0.25, 0.3) is 0 Å². The largest absolute Gasteiger partial charge is 0.378 e. The van der Waals surface area contributed by atoms with Gasteiger partial charge in [-0.15, -0.1) is 11.3 Å². The van der Waals surface area contributed by atoms with Gasteiger partial charge < -0.3 is 4.74 Å². The van der Waals surface area contributed by atoms with E-state index in [0.717, 1.165) is 11.6 Å². The monoisotopic (exact) mass is 225 g/mol. The zero-order chi connectivity index (χ0) is 10.5. The average Bonchev–Trinajstić information content (AvgIpc) is 2.53. The van der Waals surface area contributed by atoms with Crippen LogP contribution in [0.5, 0.6) is 0 Å². The second-order valence-electron chi connectivity index (χ2n) is 4.30. The van der Waals surface area contributed by atoms with Gasteiger partial charge in [0, 0.05) is 18.4 Å². The summed E-state index contributed by atoms with van der Waals surface area (Å²) in [6.07, 6.45) is 8.24. The van der Waals surface area contributed by atoms with Crippen LogP contribution < -0.4 is 0 Å². The Balaban J connectivity index is 2.00. The minimum atomic E-state index is 0.656. The molecule has 0 atom stereocenters. The lowest BCUT2D eigenvalue weighted by atomic mass is 10.0. The second kappa shape index (κ2) is 5.61. The molecule has 2 nitrogen and oxygen atoms in total. The van der Waals surface area contributed by atoms with Crippen molar-refractivity contribution < 1.29 is 4.74 Å². The third-order valence-electron chi connectivity index (χ3n) is 3.07. The molecule has 1 aliphatic rings. The van der Waals surface area contributed by atoms with Gasteiger partial charge in [0.15, 0.2) is 0 Å². The van der Waals surface area contributed by atoms with E-state index in [2.05, 4.69) is 10.4 Å². The van der Waals surface area contributed by atoms with Gasteiger partial charge in [0.05, 0.1) is 17.3 Å². The van der Waals surface area contributed by atoms with Crippen molar-refractivity contribution in [2.75, 3.05) is 7.11 Å². The normalized spacial score (nSPS) is 19.0. The highest BCUT2D eigenvalue weighted by Crippen LogP contribution is 2.33. The van der Waals surface area contributed by atoms with Crippen LogP contribution in [0.2, 0.25) is 0 Å². The zero-order valence-corrected chi connectivity index (χ0v) is 10.2. The summed E-state index contributed by atoms with van der Waals surface area (Å²) in [4.78, 5) is 4.66. The van der Waals surface area contributed by atoms with Crippen LogP contribution in [0.25, 0.3) is 0 Å². The highest BCUT2D eigenvalue weighted by molar-refractivity contribution is 7.09. The summed E-state index contributed by atoms with van der Waals surface area (Å²) in [5.41, 5.74) is 1.10. The summed E-state index contributed by atoms with van der Waals surface area (Å²) in [5, 5.41) is 3.48. The summed E-state index contributed by atoms with van der Waals surface area (Å²) >= 11 is 1.81. The van der Waals surface area contributed by atoms with Crippen molar-refractivity contribution in [3.8, 4) is 0 Å². The Morgan fingerprint density at radius 3 is 2.73 bits per heavy atom. The van der Waals surface area contributed by atoms with Crippen molar-refractivity contribution in [2.24, 2.45) is 0 Å². The number of thiazole rings is 1. The van der Waals surface area contributed by atoms with Crippen molar-refractivity contribution >= 4 is 11.3 Å². The molecule has 0 spiro atoms. The Bertz CT molecular complexity index is 290. The fourth-order valence-corrected chi connectivity index (χ4v) is 3.23. The Morgan fingerprint density at radius 1 is 1.33 bits per heavy atom. The van der Waals surface area contributed by atoms with E-state index in [9.17, 15) is 0 Å². The molecule has 15 heavy (non-hydrogen) atoms. The zero-order valence-electron chi connectivity index (χ0n) is 9.37. The van der Waals surface area contributed by atoms with Gasteiger partial charge in [0.2, 0.25) is 0 Å². The molecule has 3 heteroatoms. The van der Waals surface area contributed by atoms with Crippen LogP contribution in [-0.2, 0) is 11.3 Å². The van der Waals surface area contributed by atoms with E-state index in [1.165, 1.54) is 43.5 Å². The maximum Gasteiger partial charge on any atom is 0.0960 e. The Kier molecular flexibility index (Phi) is 4.15. The lowest BCUT2D eigenvalue weighted by molar-refractivity contribution is 0.182. The highest BCUT2D eigenvalue weighted by Gasteiger charge is 2.17. The summed E-state index contributed by atoms with van der Waals surface area (Å²) < 4.78 is 5.10. The van der Waals surface area contributed by atoms with Crippen LogP contribution in [0.3, 0.4) is 0 Å². The Morgan fingerprint density at radius 2 is 2.07 bits per heavy atom. The SMILES string of the molecule is COCc1csc(C2CCCCCC2)n1. The molecule has 0 amide bonds. The van der Waals surface area contributed by atoms with Crippen molar-refractivity contribution in [3.05, 3.63) is 16.1 Å². The number of methoxy groups -OCH3 is 1. The third-order valence-corrected chi connectivity index (χ3v) is 4.12. The number of nitrogens with zero attached hydrogens (tertiary/aromatic N) is 1. The molecule has 0 aliphatic heterocycles. The van der Waals surface area contributed by atoms with Gasteiger partial charge in [-0.1, -0.05) is 25.7 Å². The second-order valence-corrected chi connectivity index (χ2v) is 5.19. The summed E-state index contributed by atoms with van der Waals surface area (Å²) in [5.74, 6) is 0.725. The molecule has 1 aliphatic carbocycles. The number of aromatic nitrogens is 1. The van der Waals surface area contributed by atoms with E-state index in [0.29, 0.717) is 6.61 Å². The molecule has 1 aromatic rings. The van der Waals surface area contributed by atoms with Gasteiger partial charge >= 0.3 is 0 Å². The first-order valence-electron chi connectivity index (χ1n) is 5.83. The molecular formula is C12H19NOS. The molecule has 1 saturated carbocycles. The predicted molar refractivity (Wildman–Crippen MR) is 63.3 cm³/mol. The average molecular weight is 225 g/mol. The Hall–Kier alpha value is -0.410. The topological polar surface area (TPSA) is 22.1 Å². The first-order valence-corrected chi connectivity index (χ1v) is 6.71. The lowest BCUT2D eigenvalue weighted by Crippen LogP contribution is -1.97. The molecule has 1 heterocycles. The van der Waals surface area contributed by atoms with E-state index < -0.39 is 0 Å². The number of hydrogen-bond acceptors (Lipinski definition) is 3. The molecule has 1 fully saturated rings. The van der Waals surface area contributed by atoms with E-state index in [-0.39, 0.29) is 0 Å². The molecule has 0 aromatic carbocycles. The fourth-order valence-electron chi connectivity index (χ4n) is 2.25. The van der Waals surface area contributed by atoms with Crippen molar-refractivity contribution in [3.63, 3.8) is 0 Å². The van der Waals surface area contributed by atoms with Crippen LogP contribution in [-0.4, -0.2) is 12.1 Å². The maximum absolute atomic E-state index is 5.10. The number of hydrogen-bond donors (Lipinski definition) is 0. The molecule has 1 aromatic heterocycles. The lowest BCUT2D eigenvalue weighted by Gasteiger charge is -2.09. The van der Waals surface area contributed by atoms with Crippen molar-refractivity contribution in [1.29, 1.82) is 0 Å². The standard InChI is InChI=1S/C12H19NOS/c1-14-8-11-9-15-12(13-11)10-6-4-2-3-5-7-10/h9-10H,2-8H2,1H3. The van der Waals surface area contributed by atoms with Gasteiger partial charge in [-0.2, -0.15) is 0 Å². The van der Waals surface area contributed by atoms with Crippen LogP contribution in [0.1, 0.15) is 55.1 Å². The molecule has 84 valence electrons. The van der Waals surface area contributed by atoms with Crippen molar-refractivity contribution in [2.45, 2.75) is 51.0 Å². The maximum atomic E-state index is 5.10. The first-order chi connectivity index (χ1) is 7.40. The first kappa shape index (κ1) is 11.1. The number of rotatable bonds is 3. The highest BCUT2D eigenvalue weighted by atomic mass is 32.1. The van der Waals surface area contributed by atoms with Gasteiger partial charge in [0.1, 0.15) is 0 Å². The van der Waals surface area contributed by atoms with E-state index in [1.807, 2.05) is 11.3 Å². The van der Waals surface area contributed by atoms with Gasteiger partial charge in [-0.25, -0.2) is 4.98 Å². The van der Waals surface area contributed by atoms with E-state index in [4.69, 9.17) is 4.74 Å². The minimum absolute atomic E-state index is 0.656. The molecule has 0 unspecified atom stereocenters. The molecular weight excluding hydrogens is 206 g/mol. The summed E-state index contributed by atoms with van der Waals surface area (Å²) in [6, 6.07) is 0. The van der Waals surface area contributed by atoms with Crippen LogP contribution in [0, 0.1) is 0 Å². The third kappa shape index (κ3) is 3.02. The predicted octanol–water partition coefficient (Wildman–Crippen LogP) is 3.73. The molecule has 2 rings (SSSR count). The fraction of sp³-hybridized carbons (Fsp3) is 0.750. The summed E-state index contributed by atoms with van der Waals surface area (Å²) in [6.45, 7) is 0.656. The number of ether oxygens (including phenoxy) is 1. The minimum Gasteiger partial charge on any atom is -0.378 e. The van der Waals surface area contributed by atoms with Crippen molar-refractivity contribution in [1.82, 2.24) is 4.98 Å². The van der Waals surface area contributed by atoms with Crippen LogP contribution >= 0.6 is 11.3 Å². The molecule has 0 saturated heterocycles. The quantitative estimate of drug-likeness (QED) is 0.731. The van der Waals surface area contributed by atoms with E-state index in [1.54, 1.807) is 7.11 Å². The molecule has 0 bridgehead atoms. The van der Waals surface area contributed by atoms with Gasteiger partial charge in [-0.3, -0.25) is 0 Å². The van der Waals surface area contributed by atoms with Crippen LogP contribution in [0.4, 0.5) is 0 Å². The Labute approximate surface area is 95.7 Å². The van der Waals surface area contributed by atoms with Crippen LogP contribution in [0.15, 0.2) is 5.38 Å².